The van der Waals surface area contributed by atoms with Crippen molar-refractivity contribution < 1.29 is 38.7 Å². The van der Waals surface area contributed by atoms with Gasteiger partial charge in [-0.2, -0.15) is 0 Å². The second-order valence-electron chi connectivity index (χ2n) is 8.02. The predicted octanol–water partition coefficient (Wildman–Crippen LogP) is 1.69. The van der Waals surface area contributed by atoms with E-state index in [4.69, 9.17) is 18.9 Å². The van der Waals surface area contributed by atoms with Gasteiger partial charge in [0.05, 0.1) is 11.1 Å². The number of ether oxygens (including phenoxy) is 4. The number of aliphatic hydroxyl groups excluding tert-OH is 2. The number of esters is 2. The Bertz CT molecular complexity index is 929. The molecule has 2 N–H and O–H groups in total. The fourth-order valence-corrected chi connectivity index (χ4v) is 3.91. The van der Waals surface area contributed by atoms with E-state index in [1.807, 2.05) is 0 Å². The maximum Gasteiger partial charge on any atom is 0.338 e. The molecule has 1 saturated heterocycles. The summed E-state index contributed by atoms with van der Waals surface area (Å²) in [6, 6.07) is 16.5. The topological polar surface area (TPSA) is 112 Å². The van der Waals surface area contributed by atoms with Gasteiger partial charge in [-0.1, -0.05) is 36.4 Å². The van der Waals surface area contributed by atoms with Gasteiger partial charge in [-0.3, -0.25) is 0 Å². The van der Waals surface area contributed by atoms with Gasteiger partial charge in [0.2, 0.25) is 0 Å². The van der Waals surface area contributed by atoms with Crippen molar-refractivity contribution in [1.82, 2.24) is 0 Å². The highest BCUT2D eigenvalue weighted by Crippen LogP contribution is 2.40. The third-order valence-corrected chi connectivity index (χ3v) is 5.34. The Labute approximate surface area is 179 Å². The molecule has 6 atom stereocenters. The molecule has 2 aliphatic rings. The molecule has 164 valence electrons. The van der Waals surface area contributed by atoms with Gasteiger partial charge in [0.25, 0.3) is 0 Å². The Morgan fingerprint density at radius 1 is 0.742 bits per heavy atom. The van der Waals surface area contributed by atoms with E-state index in [9.17, 15) is 19.8 Å². The molecule has 0 radical (unpaired) electrons. The third kappa shape index (κ3) is 4.33. The predicted molar refractivity (Wildman–Crippen MR) is 107 cm³/mol. The molecule has 1 aliphatic heterocycles. The van der Waals surface area contributed by atoms with Crippen molar-refractivity contribution in [1.29, 1.82) is 0 Å². The van der Waals surface area contributed by atoms with Crippen LogP contribution in [0.5, 0.6) is 0 Å². The zero-order valence-corrected chi connectivity index (χ0v) is 17.1. The smallest absolute Gasteiger partial charge is 0.338 e. The summed E-state index contributed by atoms with van der Waals surface area (Å²) in [6.45, 7) is 3.29. The van der Waals surface area contributed by atoms with Gasteiger partial charge in [0, 0.05) is 0 Å². The van der Waals surface area contributed by atoms with Gasteiger partial charge in [-0.05, 0) is 38.1 Å². The number of aliphatic hydroxyl groups is 2. The summed E-state index contributed by atoms with van der Waals surface area (Å²) in [5, 5.41) is 21.8. The first-order valence-corrected chi connectivity index (χ1v) is 10.0. The molecule has 2 aromatic rings. The lowest BCUT2D eigenvalue weighted by Crippen LogP contribution is -2.64. The second kappa shape index (κ2) is 8.39. The van der Waals surface area contributed by atoms with Crippen LogP contribution >= 0.6 is 0 Å². The molecule has 2 aromatic carbocycles. The summed E-state index contributed by atoms with van der Waals surface area (Å²) >= 11 is 0. The minimum Gasteiger partial charge on any atom is -0.453 e. The van der Waals surface area contributed by atoms with Crippen LogP contribution in [-0.2, 0) is 18.9 Å². The highest BCUT2D eigenvalue weighted by atomic mass is 16.8. The van der Waals surface area contributed by atoms with Gasteiger partial charge in [0.1, 0.15) is 24.4 Å². The van der Waals surface area contributed by atoms with Crippen LogP contribution in [0.4, 0.5) is 0 Å². The molecule has 1 saturated carbocycles. The second-order valence-corrected chi connectivity index (χ2v) is 8.02. The fourth-order valence-electron chi connectivity index (χ4n) is 3.91. The molecule has 31 heavy (non-hydrogen) atoms. The number of benzene rings is 2. The van der Waals surface area contributed by atoms with E-state index >= 15 is 0 Å². The monoisotopic (exact) mass is 428 g/mol. The SMILES string of the molecule is CC1(C)O[C@H]2[C@H](OC(=O)c3ccccc3)[C@@H](O)[C@H](OC(=O)c3ccccc3)[C@H](O)[C@@H]2O1. The zero-order valence-electron chi connectivity index (χ0n) is 17.1. The van der Waals surface area contributed by atoms with Crippen LogP contribution in [0, 0.1) is 0 Å². The zero-order chi connectivity index (χ0) is 22.2. The van der Waals surface area contributed by atoms with Crippen LogP contribution in [0.3, 0.4) is 0 Å². The average Bonchev–Trinajstić information content (AvgIpc) is 3.10. The summed E-state index contributed by atoms with van der Waals surface area (Å²) in [6.07, 6.45) is -7.45. The van der Waals surface area contributed by atoms with Crippen LogP contribution in [-0.4, -0.2) is 64.6 Å². The summed E-state index contributed by atoms with van der Waals surface area (Å²) in [4.78, 5) is 25.2. The first kappa shape index (κ1) is 21.5. The molecule has 0 aromatic heterocycles. The number of rotatable bonds is 4. The summed E-state index contributed by atoms with van der Waals surface area (Å²) in [5.41, 5.74) is 0.541. The van der Waals surface area contributed by atoms with E-state index in [-0.39, 0.29) is 11.1 Å². The number of fused-ring (bicyclic) bond motifs is 1. The molecule has 0 amide bonds. The molecule has 8 heteroatoms. The van der Waals surface area contributed by atoms with Crippen molar-refractivity contribution in [3.63, 3.8) is 0 Å². The van der Waals surface area contributed by atoms with Gasteiger partial charge in [0.15, 0.2) is 18.0 Å². The number of hydrogen-bond donors (Lipinski definition) is 2. The van der Waals surface area contributed by atoms with Crippen molar-refractivity contribution in [3.8, 4) is 0 Å². The van der Waals surface area contributed by atoms with E-state index in [1.54, 1.807) is 74.5 Å². The molecule has 0 bridgehead atoms. The quantitative estimate of drug-likeness (QED) is 0.708. The van der Waals surface area contributed by atoms with Gasteiger partial charge in [-0.15, -0.1) is 0 Å². The lowest BCUT2D eigenvalue weighted by molar-refractivity contribution is -0.193. The van der Waals surface area contributed by atoms with Crippen molar-refractivity contribution in [3.05, 3.63) is 71.8 Å². The van der Waals surface area contributed by atoms with Crippen LogP contribution in [0.1, 0.15) is 34.6 Å². The van der Waals surface area contributed by atoms with Crippen LogP contribution < -0.4 is 0 Å². The van der Waals surface area contributed by atoms with Gasteiger partial charge in [-0.25, -0.2) is 9.59 Å². The lowest BCUT2D eigenvalue weighted by atomic mass is 9.84. The Morgan fingerprint density at radius 3 is 1.71 bits per heavy atom. The van der Waals surface area contributed by atoms with E-state index in [2.05, 4.69) is 0 Å². The molecule has 0 unspecified atom stereocenters. The Kier molecular flexibility index (Phi) is 5.81. The Morgan fingerprint density at radius 2 is 1.19 bits per heavy atom. The fraction of sp³-hybridized carbons (Fsp3) is 0.391. The number of carbonyl (C=O) groups excluding carboxylic acids is 2. The summed E-state index contributed by atoms with van der Waals surface area (Å²) in [7, 11) is 0. The van der Waals surface area contributed by atoms with E-state index in [1.165, 1.54) is 0 Å². The van der Waals surface area contributed by atoms with E-state index < -0.39 is 54.3 Å². The minimum atomic E-state index is -1.53. The summed E-state index contributed by atoms with van der Waals surface area (Å²) < 4.78 is 22.6. The average molecular weight is 428 g/mol. The highest BCUT2D eigenvalue weighted by molar-refractivity contribution is 5.90. The van der Waals surface area contributed by atoms with Crippen molar-refractivity contribution in [2.45, 2.75) is 56.3 Å². The normalized spacial score (nSPS) is 31.5. The van der Waals surface area contributed by atoms with Crippen LogP contribution in [0.2, 0.25) is 0 Å². The van der Waals surface area contributed by atoms with Crippen LogP contribution in [0.25, 0.3) is 0 Å². The number of carbonyl (C=O) groups is 2. The Hall–Kier alpha value is -2.78. The molecular formula is C23H24O8. The van der Waals surface area contributed by atoms with Crippen molar-refractivity contribution in [2.75, 3.05) is 0 Å². The summed E-state index contributed by atoms with van der Waals surface area (Å²) in [5.74, 6) is -2.50. The molecule has 1 aliphatic carbocycles. The van der Waals surface area contributed by atoms with Crippen molar-refractivity contribution >= 4 is 11.9 Å². The molecule has 4 rings (SSSR count). The largest absolute Gasteiger partial charge is 0.453 e. The highest BCUT2D eigenvalue weighted by Gasteiger charge is 2.60. The standard InChI is InChI=1S/C23H24O8/c1-23(2)30-19-16(25)17(28-21(26)13-9-5-3-6-10-13)15(24)18(20(19)31-23)29-22(27)14-11-7-4-8-12-14/h3-12,15-20,24-25H,1-2H3/t15-,16-,17-,18+,19-,20-/m0/s1. The number of hydrogen-bond acceptors (Lipinski definition) is 8. The third-order valence-electron chi connectivity index (χ3n) is 5.34. The van der Waals surface area contributed by atoms with Crippen LogP contribution in [0.15, 0.2) is 60.7 Å². The van der Waals surface area contributed by atoms with Gasteiger partial charge < -0.3 is 29.2 Å². The molecule has 8 nitrogen and oxygen atoms in total. The first-order chi connectivity index (χ1) is 14.8. The molecule has 0 spiro atoms. The van der Waals surface area contributed by atoms with Crippen molar-refractivity contribution in [2.24, 2.45) is 0 Å². The molecular weight excluding hydrogens is 404 g/mol. The Balaban J connectivity index is 1.59. The van der Waals surface area contributed by atoms with E-state index in [0.29, 0.717) is 0 Å². The minimum absolute atomic E-state index is 0.255. The lowest BCUT2D eigenvalue weighted by Gasteiger charge is -2.42. The maximum absolute atomic E-state index is 12.6. The maximum atomic E-state index is 12.6. The first-order valence-electron chi connectivity index (χ1n) is 10.0. The van der Waals surface area contributed by atoms with Gasteiger partial charge >= 0.3 is 11.9 Å². The van der Waals surface area contributed by atoms with E-state index in [0.717, 1.165) is 0 Å². The molecule has 1 heterocycles. The molecule has 2 fully saturated rings.